The first-order valence-corrected chi connectivity index (χ1v) is 6.71. The van der Waals surface area contributed by atoms with Crippen LogP contribution in [0, 0.1) is 0 Å². The number of rotatable bonds is 5. The van der Waals surface area contributed by atoms with Gasteiger partial charge in [0.2, 0.25) is 0 Å². The molecule has 14 heavy (non-hydrogen) atoms. The zero-order valence-electron chi connectivity index (χ0n) is 11.5. The molecule has 1 rings (SSSR count). The van der Waals surface area contributed by atoms with E-state index in [9.17, 15) is 4.57 Å². The van der Waals surface area contributed by atoms with Crippen molar-refractivity contribution in [3.8, 4) is 0 Å². The van der Waals surface area contributed by atoms with Crippen LogP contribution < -0.4 is 5.09 Å². The van der Waals surface area contributed by atoms with Gasteiger partial charge in [-0.05, 0) is 6.37 Å². The summed E-state index contributed by atoms with van der Waals surface area (Å²) >= 11 is 11.1. The number of hydrogen-bond donors (Lipinski definition) is 1. The van der Waals surface area contributed by atoms with E-state index < -0.39 is 26.4 Å². The van der Waals surface area contributed by atoms with Gasteiger partial charge in [-0.25, -0.2) is 9.76 Å². The van der Waals surface area contributed by atoms with Crippen LogP contribution in [-0.2, 0) is 9.09 Å². The molecule has 1 atom stereocenters. The third-order valence-electron chi connectivity index (χ3n) is 1.60. The van der Waals surface area contributed by atoms with Gasteiger partial charge in [0.05, 0.1) is 6.61 Å². The smallest absolute Gasteiger partial charge is 0.306 e. The Morgan fingerprint density at radius 1 is 1.64 bits per heavy atom. The Hall–Kier alpha value is 0.690. The molecule has 1 unspecified atom stereocenters. The summed E-state index contributed by atoms with van der Waals surface area (Å²) in [6.45, 7) is -2.62. The molecular weight excluding hydrogens is 246 g/mol. The van der Waals surface area contributed by atoms with E-state index in [-0.39, 0.29) is 25.6 Å². The maximum Gasteiger partial charge on any atom is 0.343 e. The zero-order valence-corrected chi connectivity index (χ0v) is 9.91. The maximum absolute atomic E-state index is 12.5. The summed E-state index contributed by atoms with van der Waals surface area (Å²) in [5, 5.41) is 2.44. The molecule has 0 saturated carbocycles. The van der Waals surface area contributed by atoms with Crippen LogP contribution >= 0.6 is 30.9 Å². The van der Waals surface area contributed by atoms with Crippen molar-refractivity contribution in [2.24, 2.45) is 0 Å². The highest BCUT2D eigenvalue weighted by molar-refractivity contribution is 7.54. The van der Waals surface area contributed by atoms with Crippen LogP contribution in [0.25, 0.3) is 0 Å². The maximum atomic E-state index is 12.5. The SMILES string of the molecule is [2H]C1([2H])CNP(=O)(N(CCCl)C([2H])([2H])CCl)OC1. The van der Waals surface area contributed by atoms with Crippen molar-refractivity contribution in [3.05, 3.63) is 0 Å². The average Bonchev–Trinajstić information content (AvgIpc) is 2.30. The van der Waals surface area contributed by atoms with E-state index in [2.05, 4.69) is 5.09 Å². The first kappa shape index (κ1) is 7.88. The quantitative estimate of drug-likeness (QED) is 0.608. The molecule has 0 aromatic heterocycles. The Morgan fingerprint density at radius 3 is 2.93 bits per heavy atom. The highest BCUT2D eigenvalue weighted by Crippen LogP contribution is 2.47. The number of halogens is 2. The monoisotopic (exact) mass is 264 g/mol. The van der Waals surface area contributed by atoms with Gasteiger partial charge in [-0.2, -0.15) is 0 Å². The lowest BCUT2D eigenvalue weighted by Crippen LogP contribution is -2.35. The summed E-state index contributed by atoms with van der Waals surface area (Å²) in [6.07, 6.45) is -1.63. The molecule has 0 bridgehead atoms. The Bertz CT molecular complexity index is 333. The van der Waals surface area contributed by atoms with Gasteiger partial charge in [-0.1, -0.05) is 0 Å². The Morgan fingerprint density at radius 2 is 2.43 bits per heavy atom. The lowest BCUT2D eigenvalue weighted by atomic mass is 10.5. The van der Waals surface area contributed by atoms with Gasteiger partial charge in [0.25, 0.3) is 0 Å². The highest BCUT2D eigenvalue weighted by Gasteiger charge is 2.32. The molecule has 1 aliphatic heterocycles. The van der Waals surface area contributed by atoms with Crippen LogP contribution in [0.2, 0.25) is 0 Å². The summed E-state index contributed by atoms with van der Waals surface area (Å²) in [7, 11) is -3.66. The van der Waals surface area contributed by atoms with Gasteiger partial charge in [-0.15, -0.1) is 23.2 Å². The second kappa shape index (κ2) is 6.31. The van der Waals surface area contributed by atoms with Gasteiger partial charge in [-0.3, -0.25) is 4.57 Å². The second-order valence-corrected chi connectivity index (χ2v) is 5.23. The van der Waals surface area contributed by atoms with Crippen LogP contribution in [-0.4, -0.2) is 42.6 Å². The fourth-order valence-electron chi connectivity index (χ4n) is 0.994. The first-order chi connectivity index (χ1) is 8.17. The molecular formula is C7H15Cl2N2O2P. The lowest BCUT2D eigenvalue weighted by molar-refractivity contribution is 0.233. The number of nitrogens with zero attached hydrogens (tertiary/aromatic N) is 1. The van der Waals surface area contributed by atoms with Crippen molar-refractivity contribution in [2.45, 2.75) is 6.37 Å². The van der Waals surface area contributed by atoms with E-state index in [0.29, 0.717) is 0 Å². The number of hydrogen-bond acceptors (Lipinski definition) is 2. The predicted molar refractivity (Wildman–Crippen MR) is 59.2 cm³/mol. The van der Waals surface area contributed by atoms with E-state index >= 15 is 0 Å². The van der Waals surface area contributed by atoms with Crippen LogP contribution in [0.3, 0.4) is 0 Å². The third kappa shape index (κ3) is 3.37. The molecule has 0 aromatic carbocycles. The van der Waals surface area contributed by atoms with Crippen molar-refractivity contribution in [3.63, 3.8) is 0 Å². The van der Waals surface area contributed by atoms with E-state index in [1.165, 1.54) is 0 Å². The van der Waals surface area contributed by atoms with Gasteiger partial charge in [0.15, 0.2) is 0 Å². The van der Waals surface area contributed by atoms with Crippen molar-refractivity contribution < 1.29 is 14.6 Å². The minimum atomic E-state index is -3.66. The lowest BCUT2D eigenvalue weighted by Gasteiger charge is -2.33. The molecule has 1 aliphatic rings. The number of alkyl halides is 2. The fourth-order valence-corrected chi connectivity index (χ4v) is 3.11. The molecule has 0 spiro atoms. The molecule has 1 heterocycles. The molecule has 84 valence electrons. The van der Waals surface area contributed by atoms with Crippen LogP contribution in [0.1, 0.15) is 11.9 Å². The summed E-state index contributed by atoms with van der Waals surface area (Å²) in [5.74, 6) is -0.343. The predicted octanol–water partition coefficient (Wildman–Crippen LogP) is 1.88. The van der Waals surface area contributed by atoms with Gasteiger partial charge in [0, 0.05) is 36.8 Å². The third-order valence-corrected chi connectivity index (χ3v) is 3.90. The van der Waals surface area contributed by atoms with E-state index in [1.807, 2.05) is 0 Å². The van der Waals surface area contributed by atoms with Crippen molar-refractivity contribution in [1.29, 1.82) is 0 Å². The van der Waals surface area contributed by atoms with Crippen LogP contribution in [0.4, 0.5) is 0 Å². The summed E-state index contributed by atoms with van der Waals surface area (Å²) in [4.78, 5) is 0. The van der Waals surface area contributed by atoms with Crippen LogP contribution in [0.5, 0.6) is 0 Å². The molecule has 4 nitrogen and oxygen atoms in total. The van der Waals surface area contributed by atoms with Gasteiger partial charge in [0.1, 0.15) is 0 Å². The van der Waals surface area contributed by atoms with E-state index in [1.54, 1.807) is 0 Å². The molecule has 0 aliphatic carbocycles. The first-order valence-electron chi connectivity index (χ1n) is 6.07. The average molecular weight is 265 g/mol. The normalized spacial score (nSPS) is 37.1. The van der Waals surface area contributed by atoms with Gasteiger partial charge >= 0.3 is 7.67 Å². The van der Waals surface area contributed by atoms with E-state index in [4.69, 9.17) is 33.2 Å². The largest absolute Gasteiger partial charge is 0.343 e. The Balaban J connectivity index is 2.90. The number of nitrogens with one attached hydrogen (secondary N) is 1. The molecule has 7 heteroatoms. The summed E-state index contributed by atoms with van der Waals surface area (Å²) in [5.41, 5.74) is 0. The fraction of sp³-hybridized carbons (Fsp3) is 1.00. The zero-order chi connectivity index (χ0) is 14.0. The minimum Gasteiger partial charge on any atom is -0.306 e. The summed E-state index contributed by atoms with van der Waals surface area (Å²) < 4.78 is 48.8. The molecule has 0 aromatic rings. The highest BCUT2D eigenvalue weighted by atomic mass is 35.5. The standard InChI is InChI=1S/C7H15Cl2N2O2P/c8-2-5-11(6-3-9)14(12)10-4-1-7-13-14/h1-7H2,(H,10,12)/i1D2,5D2. The molecule has 0 radical (unpaired) electrons. The molecule has 1 N–H and O–H groups in total. The van der Waals surface area contributed by atoms with Crippen LogP contribution in [0.15, 0.2) is 0 Å². The van der Waals surface area contributed by atoms with Gasteiger partial charge < -0.3 is 4.52 Å². The van der Waals surface area contributed by atoms with E-state index in [0.717, 1.165) is 4.67 Å². The molecule has 1 fully saturated rings. The Labute approximate surface area is 100 Å². The molecule has 1 saturated heterocycles. The van der Waals surface area contributed by atoms with Crippen molar-refractivity contribution >= 4 is 30.9 Å². The minimum absolute atomic E-state index is 0.0193. The van der Waals surface area contributed by atoms with Crippen molar-refractivity contribution in [1.82, 2.24) is 9.76 Å². The molecule has 0 amide bonds. The van der Waals surface area contributed by atoms with Crippen molar-refractivity contribution in [2.75, 3.05) is 38.0 Å². The Kier molecular flexibility index (Phi) is 3.55. The summed E-state index contributed by atoms with van der Waals surface area (Å²) in [6, 6.07) is 0. The second-order valence-electron chi connectivity index (χ2n) is 2.48. The topological polar surface area (TPSA) is 41.6 Å².